The Labute approximate surface area is 169 Å². The largest absolute Gasteiger partial charge is 0.490 e. The van der Waals surface area contributed by atoms with Gasteiger partial charge in [-0.1, -0.05) is 42.5 Å². The van der Waals surface area contributed by atoms with Gasteiger partial charge < -0.3 is 19.3 Å². The monoisotopic (exact) mass is 390 g/mol. The predicted octanol–water partition coefficient (Wildman–Crippen LogP) is 4.09. The van der Waals surface area contributed by atoms with Crippen LogP contribution in [0, 0.1) is 0 Å². The standard InChI is InChI=1S/C22H30N2O2.ClH/c1-23-14-16-24(17-15-23)13-7-8-18-25-21-11-5-6-12-22(21)26-19-20-9-3-2-4-10-20;/h2-6,9-12H,7-8,13-19H2,1H3;1H. The molecular weight excluding hydrogens is 360 g/mol. The van der Waals surface area contributed by atoms with Crippen LogP contribution < -0.4 is 9.47 Å². The molecular formula is C22H31ClN2O2. The van der Waals surface area contributed by atoms with Crippen LogP contribution in [0.1, 0.15) is 18.4 Å². The number of benzene rings is 2. The van der Waals surface area contributed by atoms with Gasteiger partial charge in [0.15, 0.2) is 11.5 Å². The van der Waals surface area contributed by atoms with Crippen LogP contribution in [0.25, 0.3) is 0 Å². The molecule has 0 N–H and O–H groups in total. The molecule has 1 heterocycles. The van der Waals surface area contributed by atoms with E-state index in [2.05, 4.69) is 29.0 Å². The molecule has 1 saturated heterocycles. The van der Waals surface area contributed by atoms with Gasteiger partial charge in [-0.05, 0) is 44.1 Å². The molecule has 27 heavy (non-hydrogen) atoms. The summed E-state index contributed by atoms with van der Waals surface area (Å²) in [5.41, 5.74) is 1.16. The number of unbranched alkanes of at least 4 members (excludes halogenated alkanes) is 1. The first-order chi connectivity index (χ1) is 12.8. The highest BCUT2D eigenvalue weighted by Gasteiger charge is 2.12. The van der Waals surface area contributed by atoms with Crippen LogP contribution in [0.2, 0.25) is 0 Å². The van der Waals surface area contributed by atoms with Crippen molar-refractivity contribution in [2.45, 2.75) is 19.4 Å². The van der Waals surface area contributed by atoms with E-state index >= 15 is 0 Å². The summed E-state index contributed by atoms with van der Waals surface area (Å²) in [5.74, 6) is 1.65. The zero-order valence-corrected chi connectivity index (χ0v) is 17.0. The lowest BCUT2D eigenvalue weighted by Crippen LogP contribution is -2.44. The molecule has 1 aliphatic heterocycles. The molecule has 0 unspecified atom stereocenters. The first-order valence-electron chi connectivity index (χ1n) is 9.61. The average molecular weight is 391 g/mol. The average Bonchev–Trinajstić information content (AvgIpc) is 2.69. The quantitative estimate of drug-likeness (QED) is 0.602. The second kappa shape index (κ2) is 11.9. The first kappa shape index (κ1) is 21.5. The highest BCUT2D eigenvalue weighted by Crippen LogP contribution is 2.27. The first-order valence-corrected chi connectivity index (χ1v) is 9.61. The summed E-state index contributed by atoms with van der Waals surface area (Å²) >= 11 is 0. The summed E-state index contributed by atoms with van der Waals surface area (Å²) in [5, 5.41) is 0. The van der Waals surface area contributed by atoms with Crippen LogP contribution in [0.3, 0.4) is 0 Å². The number of nitrogens with zero attached hydrogens (tertiary/aromatic N) is 2. The van der Waals surface area contributed by atoms with Crippen LogP contribution in [0.5, 0.6) is 11.5 Å². The number of hydrogen-bond acceptors (Lipinski definition) is 4. The van der Waals surface area contributed by atoms with Crippen LogP contribution in [-0.4, -0.2) is 56.2 Å². The molecule has 0 saturated carbocycles. The van der Waals surface area contributed by atoms with E-state index in [-0.39, 0.29) is 12.4 Å². The Morgan fingerprint density at radius 1 is 0.778 bits per heavy atom. The Bertz CT molecular complexity index is 646. The fourth-order valence-electron chi connectivity index (χ4n) is 3.12. The van der Waals surface area contributed by atoms with E-state index in [9.17, 15) is 0 Å². The van der Waals surface area contributed by atoms with Crippen molar-refractivity contribution in [1.29, 1.82) is 0 Å². The maximum absolute atomic E-state index is 5.98. The molecule has 148 valence electrons. The van der Waals surface area contributed by atoms with Gasteiger partial charge >= 0.3 is 0 Å². The molecule has 0 radical (unpaired) electrons. The van der Waals surface area contributed by atoms with Gasteiger partial charge in [-0.2, -0.15) is 0 Å². The summed E-state index contributed by atoms with van der Waals surface area (Å²) in [7, 11) is 2.20. The maximum Gasteiger partial charge on any atom is 0.161 e. The van der Waals surface area contributed by atoms with Gasteiger partial charge in [0.2, 0.25) is 0 Å². The highest BCUT2D eigenvalue weighted by molar-refractivity contribution is 5.85. The third-order valence-corrected chi connectivity index (χ3v) is 4.81. The van der Waals surface area contributed by atoms with E-state index in [1.807, 2.05) is 42.5 Å². The van der Waals surface area contributed by atoms with Crippen molar-refractivity contribution >= 4 is 12.4 Å². The molecule has 0 spiro atoms. The zero-order chi connectivity index (χ0) is 18.0. The maximum atomic E-state index is 5.98. The summed E-state index contributed by atoms with van der Waals surface area (Å²) < 4.78 is 11.9. The van der Waals surface area contributed by atoms with Crippen LogP contribution >= 0.6 is 12.4 Å². The van der Waals surface area contributed by atoms with Crippen molar-refractivity contribution in [2.24, 2.45) is 0 Å². The van der Waals surface area contributed by atoms with Crippen LogP contribution in [-0.2, 0) is 6.61 Å². The van der Waals surface area contributed by atoms with Gasteiger partial charge in [0, 0.05) is 26.2 Å². The van der Waals surface area contributed by atoms with Crippen molar-refractivity contribution in [1.82, 2.24) is 9.80 Å². The molecule has 4 nitrogen and oxygen atoms in total. The summed E-state index contributed by atoms with van der Waals surface area (Å²) in [6.45, 7) is 7.21. The van der Waals surface area contributed by atoms with Gasteiger partial charge in [0.25, 0.3) is 0 Å². The number of likely N-dealkylation sites (N-methyl/N-ethyl adjacent to an activating group) is 1. The van der Waals surface area contributed by atoms with E-state index < -0.39 is 0 Å². The third-order valence-electron chi connectivity index (χ3n) is 4.81. The fourth-order valence-corrected chi connectivity index (χ4v) is 3.12. The minimum Gasteiger partial charge on any atom is -0.490 e. The molecule has 2 aromatic rings. The minimum absolute atomic E-state index is 0. The van der Waals surface area contributed by atoms with Gasteiger partial charge in [0.1, 0.15) is 6.61 Å². The lowest BCUT2D eigenvalue weighted by Gasteiger charge is -2.32. The number of rotatable bonds is 9. The van der Waals surface area contributed by atoms with Crippen molar-refractivity contribution in [3.63, 3.8) is 0 Å². The topological polar surface area (TPSA) is 24.9 Å². The molecule has 0 bridgehead atoms. The lowest BCUT2D eigenvalue weighted by atomic mass is 10.2. The smallest absolute Gasteiger partial charge is 0.161 e. The van der Waals surface area contributed by atoms with E-state index in [0.29, 0.717) is 6.61 Å². The van der Waals surface area contributed by atoms with Gasteiger partial charge in [-0.25, -0.2) is 0 Å². The molecule has 0 aromatic heterocycles. The van der Waals surface area contributed by atoms with Crippen LogP contribution in [0.15, 0.2) is 54.6 Å². The molecule has 0 atom stereocenters. The van der Waals surface area contributed by atoms with E-state index in [1.54, 1.807) is 0 Å². The lowest BCUT2D eigenvalue weighted by molar-refractivity contribution is 0.149. The van der Waals surface area contributed by atoms with Crippen LogP contribution in [0.4, 0.5) is 0 Å². The Balaban J connectivity index is 0.00000261. The van der Waals surface area contributed by atoms with Crippen molar-refractivity contribution in [3.05, 3.63) is 60.2 Å². The molecule has 5 heteroatoms. The number of para-hydroxylation sites is 2. The van der Waals surface area contributed by atoms with E-state index in [4.69, 9.17) is 9.47 Å². The Hall–Kier alpha value is -1.75. The van der Waals surface area contributed by atoms with Crippen molar-refractivity contribution in [2.75, 3.05) is 46.4 Å². The van der Waals surface area contributed by atoms with Gasteiger partial charge in [-0.3, -0.25) is 0 Å². The normalized spacial score (nSPS) is 15.1. The fraction of sp³-hybridized carbons (Fsp3) is 0.455. The summed E-state index contributed by atoms with van der Waals surface area (Å²) in [6.07, 6.45) is 2.25. The van der Waals surface area contributed by atoms with Gasteiger partial charge in [-0.15, -0.1) is 12.4 Å². The highest BCUT2D eigenvalue weighted by atomic mass is 35.5. The molecule has 3 rings (SSSR count). The molecule has 0 aliphatic carbocycles. The van der Waals surface area contributed by atoms with Crippen molar-refractivity contribution in [3.8, 4) is 11.5 Å². The Morgan fingerprint density at radius 2 is 1.41 bits per heavy atom. The van der Waals surface area contributed by atoms with Gasteiger partial charge in [0.05, 0.1) is 6.61 Å². The summed E-state index contributed by atoms with van der Waals surface area (Å²) in [4.78, 5) is 4.95. The third kappa shape index (κ3) is 7.41. The van der Waals surface area contributed by atoms with Crippen molar-refractivity contribution < 1.29 is 9.47 Å². The number of ether oxygens (including phenoxy) is 2. The second-order valence-corrected chi connectivity index (χ2v) is 6.92. The number of hydrogen-bond donors (Lipinski definition) is 0. The Kier molecular flexibility index (Phi) is 9.46. The number of piperazine rings is 1. The minimum atomic E-state index is 0. The zero-order valence-electron chi connectivity index (χ0n) is 16.2. The predicted molar refractivity (Wildman–Crippen MR) is 113 cm³/mol. The molecule has 1 fully saturated rings. The molecule has 1 aliphatic rings. The molecule has 2 aromatic carbocycles. The molecule has 0 amide bonds. The SMILES string of the molecule is CN1CCN(CCCCOc2ccccc2OCc2ccccc2)CC1.Cl. The van der Waals surface area contributed by atoms with E-state index in [1.165, 1.54) is 39.1 Å². The summed E-state index contributed by atoms with van der Waals surface area (Å²) in [6, 6.07) is 18.2. The van der Waals surface area contributed by atoms with E-state index in [0.717, 1.165) is 30.1 Å². The second-order valence-electron chi connectivity index (χ2n) is 6.92. The Morgan fingerprint density at radius 3 is 2.11 bits per heavy atom. The number of halogens is 1.